The lowest BCUT2D eigenvalue weighted by Crippen LogP contribution is -2.48. The Kier molecular flexibility index (Phi) is 10.8. The molecule has 0 saturated carbocycles. The van der Waals surface area contributed by atoms with Crippen LogP contribution in [0.1, 0.15) is 19.4 Å². The number of carbonyl (C=O) groups is 2. The number of methoxy groups -OCH3 is 2. The summed E-state index contributed by atoms with van der Waals surface area (Å²) in [5, 5.41) is 12.8. The summed E-state index contributed by atoms with van der Waals surface area (Å²) >= 11 is 0. The van der Waals surface area contributed by atoms with Crippen molar-refractivity contribution in [2.75, 3.05) is 51.0 Å². The number of ether oxygens (including phenoxy) is 3. The van der Waals surface area contributed by atoms with Crippen molar-refractivity contribution < 1.29 is 37.3 Å². The highest BCUT2D eigenvalue weighted by Crippen LogP contribution is 2.30. The number of likely N-dealkylation sites (N-methyl/N-ethyl adjacent to an activating group) is 1. The van der Waals surface area contributed by atoms with Crippen molar-refractivity contribution in [3.63, 3.8) is 0 Å². The molecule has 3 aromatic rings. The first-order chi connectivity index (χ1) is 21.4. The zero-order valence-corrected chi connectivity index (χ0v) is 26.8. The van der Waals surface area contributed by atoms with Gasteiger partial charge in [0.25, 0.3) is 10.0 Å². The summed E-state index contributed by atoms with van der Waals surface area (Å²) in [6.45, 7) is 3.91. The Morgan fingerprint density at radius 2 is 1.64 bits per heavy atom. The normalized spacial score (nSPS) is 17.5. The van der Waals surface area contributed by atoms with Gasteiger partial charge in [-0.15, -0.1) is 0 Å². The van der Waals surface area contributed by atoms with Gasteiger partial charge in [0.2, 0.25) is 5.91 Å². The summed E-state index contributed by atoms with van der Waals surface area (Å²) in [5.41, 5.74) is 1.32. The van der Waals surface area contributed by atoms with Gasteiger partial charge >= 0.3 is 6.03 Å². The molecular weight excluding hydrogens is 600 g/mol. The topological polar surface area (TPSA) is 147 Å². The highest BCUT2D eigenvalue weighted by molar-refractivity contribution is 7.92. The van der Waals surface area contributed by atoms with Crippen LogP contribution in [-0.2, 0) is 21.2 Å². The first-order valence-electron chi connectivity index (χ1n) is 14.5. The van der Waals surface area contributed by atoms with Gasteiger partial charge in [-0.25, -0.2) is 13.2 Å². The average molecular weight is 641 g/mol. The molecule has 3 amide bonds. The summed E-state index contributed by atoms with van der Waals surface area (Å²) in [4.78, 5) is 29.7. The molecule has 1 aliphatic rings. The number of anilines is 2. The van der Waals surface area contributed by atoms with Gasteiger partial charge in [-0.3, -0.25) is 9.52 Å². The van der Waals surface area contributed by atoms with Crippen LogP contribution in [0.15, 0.2) is 71.6 Å². The van der Waals surface area contributed by atoms with E-state index < -0.39 is 22.2 Å². The third kappa shape index (κ3) is 8.37. The predicted molar refractivity (Wildman–Crippen MR) is 170 cm³/mol. The maximum atomic E-state index is 13.5. The lowest BCUT2D eigenvalue weighted by molar-refractivity contribution is -0.134. The van der Waals surface area contributed by atoms with Crippen LogP contribution in [0.3, 0.4) is 0 Å². The number of aliphatic hydroxyl groups excluding tert-OH is 1. The Labute approximate surface area is 263 Å². The van der Waals surface area contributed by atoms with Crippen LogP contribution in [0.25, 0.3) is 0 Å². The molecule has 0 bridgehead atoms. The van der Waals surface area contributed by atoms with Gasteiger partial charge in [-0.1, -0.05) is 6.92 Å². The molecule has 3 N–H and O–H groups in total. The molecule has 12 nitrogen and oxygen atoms in total. The Morgan fingerprint density at radius 1 is 1.04 bits per heavy atom. The Balaban J connectivity index is 1.59. The fourth-order valence-corrected chi connectivity index (χ4v) is 5.98. The van der Waals surface area contributed by atoms with Gasteiger partial charge < -0.3 is 34.4 Å². The second-order valence-electron chi connectivity index (χ2n) is 11.0. The van der Waals surface area contributed by atoms with Crippen molar-refractivity contribution in [3.8, 4) is 17.2 Å². The van der Waals surface area contributed by atoms with Crippen LogP contribution < -0.4 is 24.2 Å². The number of aliphatic hydroxyl groups is 1. The van der Waals surface area contributed by atoms with Crippen LogP contribution in [0, 0.1) is 5.92 Å². The third-order valence-electron chi connectivity index (χ3n) is 7.68. The minimum Gasteiger partial charge on any atom is -0.497 e. The molecule has 0 aromatic heterocycles. The minimum absolute atomic E-state index is 0.0481. The Bertz CT molecular complexity index is 1580. The van der Waals surface area contributed by atoms with Gasteiger partial charge in [0.1, 0.15) is 23.4 Å². The first-order valence-corrected chi connectivity index (χ1v) is 15.9. The molecular formula is C32H40N4O8S. The number of rotatable bonds is 10. The summed E-state index contributed by atoms with van der Waals surface area (Å²) in [5.74, 6) is 1.11. The molecule has 45 heavy (non-hydrogen) atoms. The summed E-state index contributed by atoms with van der Waals surface area (Å²) < 4.78 is 45.5. The van der Waals surface area contributed by atoms with Gasteiger partial charge in [0.15, 0.2) is 0 Å². The van der Waals surface area contributed by atoms with Gasteiger partial charge in [-0.05, 0) is 73.7 Å². The second kappa shape index (κ2) is 14.5. The maximum Gasteiger partial charge on any atom is 0.321 e. The number of benzene rings is 3. The van der Waals surface area contributed by atoms with Crippen LogP contribution in [0.5, 0.6) is 17.2 Å². The zero-order chi connectivity index (χ0) is 32.7. The average Bonchev–Trinajstić information content (AvgIpc) is 3.08. The Morgan fingerprint density at radius 3 is 2.24 bits per heavy atom. The highest BCUT2D eigenvalue weighted by Gasteiger charge is 2.32. The number of sulfonamides is 1. The molecule has 1 aliphatic heterocycles. The number of nitrogens with zero attached hydrogens (tertiary/aromatic N) is 2. The molecule has 0 aliphatic carbocycles. The number of nitrogens with one attached hydrogen (secondary N) is 2. The van der Waals surface area contributed by atoms with E-state index in [1.165, 1.54) is 24.1 Å². The number of hydrogen-bond donors (Lipinski definition) is 3. The number of amides is 3. The first kappa shape index (κ1) is 33.4. The van der Waals surface area contributed by atoms with E-state index in [2.05, 4.69) is 10.0 Å². The van der Waals surface area contributed by atoms with Crippen molar-refractivity contribution in [2.24, 2.45) is 5.92 Å². The van der Waals surface area contributed by atoms with Crippen molar-refractivity contribution in [2.45, 2.75) is 37.3 Å². The van der Waals surface area contributed by atoms with E-state index in [4.69, 9.17) is 14.2 Å². The quantitative estimate of drug-likeness (QED) is 0.303. The molecule has 13 heteroatoms. The van der Waals surface area contributed by atoms with Crippen molar-refractivity contribution in [3.05, 3.63) is 72.3 Å². The largest absolute Gasteiger partial charge is 0.497 e. The number of carbonyl (C=O) groups excluding carboxylic acids is 2. The molecule has 0 unspecified atom stereocenters. The van der Waals surface area contributed by atoms with Gasteiger partial charge in [0, 0.05) is 36.4 Å². The van der Waals surface area contributed by atoms with E-state index >= 15 is 0 Å². The van der Waals surface area contributed by atoms with Crippen LogP contribution in [0.2, 0.25) is 0 Å². The van der Waals surface area contributed by atoms with Crippen molar-refractivity contribution in [1.82, 2.24) is 9.80 Å². The monoisotopic (exact) mass is 640 g/mol. The molecule has 3 aromatic carbocycles. The van der Waals surface area contributed by atoms with Crippen molar-refractivity contribution >= 4 is 33.3 Å². The number of fused-ring (bicyclic) bond motifs is 1. The molecule has 3 atom stereocenters. The van der Waals surface area contributed by atoms with E-state index in [-0.39, 0.29) is 54.6 Å². The van der Waals surface area contributed by atoms with Gasteiger partial charge in [-0.2, -0.15) is 0 Å². The van der Waals surface area contributed by atoms with E-state index in [1.54, 1.807) is 80.6 Å². The minimum atomic E-state index is -3.94. The van der Waals surface area contributed by atoms with E-state index in [9.17, 15) is 23.1 Å². The predicted octanol–water partition coefficient (Wildman–Crippen LogP) is 3.82. The summed E-state index contributed by atoms with van der Waals surface area (Å²) in [6, 6.07) is 16.9. The standard InChI is InChI=1S/C32H40N4O8S/c1-21-18-36(22(2)20-37)31(38)17-23-16-25(34-45(40,41)28-13-11-27(43-5)12-14-28)8-15-29(23)44-30(21)19-35(3)32(39)33-24-6-9-26(42-4)10-7-24/h6-16,21-22,30,34,37H,17-20H2,1-5H3,(H,33,39)/t21-,22-,30+/m0/s1. The second-order valence-corrected chi connectivity index (χ2v) is 12.7. The fourth-order valence-electron chi connectivity index (χ4n) is 4.93. The maximum absolute atomic E-state index is 13.5. The molecule has 242 valence electrons. The molecule has 0 saturated heterocycles. The molecule has 4 rings (SSSR count). The lowest BCUT2D eigenvalue weighted by Gasteiger charge is -2.34. The van der Waals surface area contributed by atoms with E-state index in [0.717, 1.165) is 0 Å². The third-order valence-corrected chi connectivity index (χ3v) is 9.08. The smallest absolute Gasteiger partial charge is 0.321 e. The van der Waals surface area contributed by atoms with Gasteiger partial charge in [0.05, 0.1) is 44.7 Å². The lowest BCUT2D eigenvalue weighted by atomic mass is 10.0. The molecule has 1 heterocycles. The van der Waals surface area contributed by atoms with E-state index in [1.807, 2.05) is 6.92 Å². The van der Waals surface area contributed by atoms with E-state index in [0.29, 0.717) is 28.5 Å². The SMILES string of the molecule is COc1ccc(NC(=O)N(C)C[C@H]2Oc3ccc(NS(=O)(=O)c4ccc(OC)cc4)cc3CC(=O)N([C@@H](C)CO)C[C@@H]2C)cc1. The number of urea groups is 1. The summed E-state index contributed by atoms with van der Waals surface area (Å²) in [7, 11) is 0.773. The van der Waals surface area contributed by atoms with Crippen LogP contribution >= 0.6 is 0 Å². The molecule has 0 fully saturated rings. The van der Waals surface area contributed by atoms with Crippen LogP contribution in [0.4, 0.5) is 16.2 Å². The zero-order valence-electron chi connectivity index (χ0n) is 26.0. The highest BCUT2D eigenvalue weighted by atomic mass is 32.2. The van der Waals surface area contributed by atoms with Crippen molar-refractivity contribution in [1.29, 1.82) is 0 Å². The van der Waals surface area contributed by atoms with Crippen LogP contribution in [-0.4, -0.2) is 88.4 Å². The molecule has 0 spiro atoms. The summed E-state index contributed by atoms with van der Waals surface area (Å²) in [6.07, 6.45) is -0.623. The Hall–Kier alpha value is -4.49. The fraction of sp³-hybridized carbons (Fsp3) is 0.375. The number of hydrogen-bond acceptors (Lipinski definition) is 8. The molecule has 0 radical (unpaired) electrons.